The van der Waals surface area contributed by atoms with Crippen LogP contribution in [0.3, 0.4) is 0 Å². The summed E-state index contributed by atoms with van der Waals surface area (Å²) in [4.78, 5) is 13.3. The van der Waals surface area contributed by atoms with Crippen molar-refractivity contribution < 1.29 is 13.6 Å². The van der Waals surface area contributed by atoms with Gasteiger partial charge in [0, 0.05) is 19.6 Å². The molecule has 1 atom stereocenters. The molecule has 1 amide bonds. The number of rotatable bonds is 4. The van der Waals surface area contributed by atoms with E-state index < -0.39 is 0 Å². The van der Waals surface area contributed by atoms with Gasteiger partial charge in [0.05, 0.1) is 12.8 Å². The summed E-state index contributed by atoms with van der Waals surface area (Å²) < 4.78 is 10.7. The maximum Gasteiger partial charge on any atom is 0.283 e. The predicted octanol–water partition coefficient (Wildman–Crippen LogP) is -0.411. The van der Waals surface area contributed by atoms with Crippen LogP contribution in [0.15, 0.2) is 27.2 Å². The van der Waals surface area contributed by atoms with Crippen molar-refractivity contribution in [3.8, 4) is 11.7 Å². The molecule has 1 fully saturated rings. The second-order valence-electron chi connectivity index (χ2n) is 4.57. The maximum absolute atomic E-state index is 11.4. The number of nitrogens with zero attached hydrogens (tertiary/aromatic N) is 3. The highest BCUT2D eigenvalue weighted by Gasteiger charge is 2.28. The van der Waals surface area contributed by atoms with E-state index >= 15 is 0 Å². The summed E-state index contributed by atoms with van der Waals surface area (Å²) in [7, 11) is 0. The van der Waals surface area contributed by atoms with E-state index in [1.165, 1.54) is 0 Å². The number of nitrogens with two attached hydrogens (primary N) is 1. The lowest BCUT2D eigenvalue weighted by atomic mass is 10.2. The Bertz CT molecular complexity index is 580. The second kappa shape index (κ2) is 5.43. The van der Waals surface area contributed by atoms with Gasteiger partial charge in [-0.3, -0.25) is 9.69 Å². The van der Waals surface area contributed by atoms with Crippen LogP contribution in [0.1, 0.15) is 5.89 Å². The van der Waals surface area contributed by atoms with Gasteiger partial charge in [-0.1, -0.05) is 0 Å². The highest BCUT2D eigenvalue weighted by atomic mass is 16.4. The van der Waals surface area contributed by atoms with E-state index in [1.807, 2.05) is 4.90 Å². The number of furan rings is 1. The summed E-state index contributed by atoms with van der Waals surface area (Å²) in [6, 6.07) is 3.13. The quantitative estimate of drug-likeness (QED) is 0.781. The van der Waals surface area contributed by atoms with Gasteiger partial charge >= 0.3 is 0 Å². The Morgan fingerprint density at radius 2 is 2.45 bits per heavy atom. The van der Waals surface area contributed by atoms with Gasteiger partial charge in [-0.15, -0.1) is 10.2 Å². The molecule has 8 nitrogen and oxygen atoms in total. The van der Waals surface area contributed by atoms with Gasteiger partial charge in [0.1, 0.15) is 6.04 Å². The van der Waals surface area contributed by atoms with Crippen LogP contribution in [0, 0.1) is 0 Å². The van der Waals surface area contributed by atoms with E-state index in [1.54, 1.807) is 18.4 Å². The molecule has 20 heavy (non-hydrogen) atoms. The normalized spacial score (nSPS) is 20.1. The summed E-state index contributed by atoms with van der Waals surface area (Å²) in [5.41, 5.74) is 5.39. The van der Waals surface area contributed by atoms with E-state index in [-0.39, 0.29) is 11.9 Å². The number of hydrogen-bond donors (Lipinski definition) is 2. The summed E-state index contributed by atoms with van der Waals surface area (Å²) in [6.07, 6.45) is 1.54. The van der Waals surface area contributed by atoms with E-state index in [2.05, 4.69) is 15.5 Å². The van der Waals surface area contributed by atoms with Crippen molar-refractivity contribution in [3.05, 3.63) is 24.3 Å². The summed E-state index contributed by atoms with van der Waals surface area (Å²) in [6.45, 7) is 2.42. The van der Waals surface area contributed by atoms with Crippen molar-refractivity contribution in [1.29, 1.82) is 0 Å². The van der Waals surface area contributed by atoms with Gasteiger partial charge < -0.3 is 19.9 Å². The first-order chi connectivity index (χ1) is 9.74. The van der Waals surface area contributed by atoms with Crippen molar-refractivity contribution in [2.24, 2.45) is 5.73 Å². The lowest BCUT2D eigenvalue weighted by Gasteiger charge is -2.32. The Kier molecular flexibility index (Phi) is 3.48. The molecule has 8 heteroatoms. The van der Waals surface area contributed by atoms with Crippen LogP contribution in [0.5, 0.6) is 0 Å². The fourth-order valence-corrected chi connectivity index (χ4v) is 2.21. The molecule has 106 valence electrons. The molecule has 1 saturated heterocycles. The topological polar surface area (TPSA) is 110 Å². The number of primary amides is 1. The maximum atomic E-state index is 11.4. The molecule has 0 spiro atoms. The Balaban J connectivity index is 1.72. The SMILES string of the molecule is NC(=O)C1CNCCN1Cc1nnc(-c2ccco2)o1. The van der Waals surface area contributed by atoms with E-state index in [0.717, 1.165) is 6.54 Å². The highest BCUT2D eigenvalue weighted by molar-refractivity contribution is 5.80. The van der Waals surface area contributed by atoms with Crippen LogP contribution in [-0.4, -0.2) is 46.7 Å². The van der Waals surface area contributed by atoms with Crippen molar-refractivity contribution in [3.63, 3.8) is 0 Å². The molecule has 2 aromatic heterocycles. The smallest absolute Gasteiger partial charge is 0.283 e. The molecule has 3 rings (SSSR count). The van der Waals surface area contributed by atoms with E-state index in [4.69, 9.17) is 14.6 Å². The van der Waals surface area contributed by atoms with Crippen molar-refractivity contribution in [2.45, 2.75) is 12.6 Å². The summed E-state index contributed by atoms with van der Waals surface area (Å²) in [5.74, 6) is 0.929. The van der Waals surface area contributed by atoms with Crippen LogP contribution in [0.25, 0.3) is 11.7 Å². The molecular weight excluding hydrogens is 262 g/mol. The number of carbonyl (C=O) groups is 1. The number of nitrogens with one attached hydrogen (secondary N) is 1. The molecule has 0 bridgehead atoms. The predicted molar refractivity (Wildman–Crippen MR) is 68.3 cm³/mol. The van der Waals surface area contributed by atoms with Crippen molar-refractivity contribution in [1.82, 2.24) is 20.4 Å². The third-order valence-electron chi connectivity index (χ3n) is 3.22. The molecule has 0 saturated carbocycles. The Morgan fingerprint density at radius 1 is 1.55 bits per heavy atom. The van der Waals surface area contributed by atoms with Crippen LogP contribution in [0.4, 0.5) is 0 Å². The van der Waals surface area contributed by atoms with Gasteiger partial charge in [-0.05, 0) is 12.1 Å². The van der Waals surface area contributed by atoms with Crippen LogP contribution in [0.2, 0.25) is 0 Å². The van der Waals surface area contributed by atoms with Crippen LogP contribution < -0.4 is 11.1 Å². The van der Waals surface area contributed by atoms with E-state index in [0.29, 0.717) is 37.2 Å². The molecule has 3 N–H and O–H groups in total. The van der Waals surface area contributed by atoms with Crippen molar-refractivity contribution >= 4 is 5.91 Å². The molecule has 1 aliphatic rings. The first-order valence-corrected chi connectivity index (χ1v) is 6.34. The zero-order valence-corrected chi connectivity index (χ0v) is 10.8. The third-order valence-corrected chi connectivity index (χ3v) is 3.22. The molecular formula is C12H15N5O3. The minimum absolute atomic E-state index is 0.329. The molecule has 0 aliphatic carbocycles. The standard InChI is InChI=1S/C12H15N5O3/c13-11(18)8-6-14-3-4-17(8)7-10-15-16-12(20-10)9-2-1-5-19-9/h1-2,5,8,14H,3-4,6-7H2,(H2,13,18). The monoisotopic (exact) mass is 277 g/mol. The third kappa shape index (κ3) is 2.56. The number of piperazine rings is 1. The van der Waals surface area contributed by atoms with Gasteiger partial charge in [-0.25, -0.2) is 0 Å². The average molecular weight is 277 g/mol. The molecule has 0 radical (unpaired) electrons. The van der Waals surface area contributed by atoms with Gasteiger partial charge in [-0.2, -0.15) is 0 Å². The van der Waals surface area contributed by atoms with E-state index in [9.17, 15) is 4.79 Å². The first-order valence-electron chi connectivity index (χ1n) is 6.34. The second-order valence-corrected chi connectivity index (χ2v) is 4.57. The first kappa shape index (κ1) is 12.8. The minimum atomic E-state index is -0.359. The highest BCUT2D eigenvalue weighted by Crippen LogP contribution is 2.19. The van der Waals surface area contributed by atoms with Gasteiger partial charge in [0.15, 0.2) is 5.76 Å². The zero-order chi connectivity index (χ0) is 13.9. The molecule has 1 aliphatic heterocycles. The molecule has 1 unspecified atom stereocenters. The Hall–Kier alpha value is -2.19. The average Bonchev–Trinajstić information content (AvgIpc) is 3.09. The lowest BCUT2D eigenvalue weighted by molar-refractivity contribution is -0.124. The number of hydrogen-bond acceptors (Lipinski definition) is 7. The number of amides is 1. The number of aromatic nitrogens is 2. The van der Waals surface area contributed by atoms with Gasteiger partial charge in [0.2, 0.25) is 11.8 Å². The minimum Gasteiger partial charge on any atom is -0.459 e. The van der Waals surface area contributed by atoms with Gasteiger partial charge in [0.25, 0.3) is 5.89 Å². The molecule has 3 heterocycles. The van der Waals surface area contributed by atoms with Crippen LogP contribution >= 0.6 is 0 Å². The Labute approximate surface area is 114 Å². The van der Waals surface area contributed by atoms with Crippen LogP contribution in [-0.2, 0) is 11.3 Å². The fraction of sp³-hybridized carbons (Fsp3) is 0.417. The Morgan fingerprint density at radius 3 is 3.20 bits per heavy atom. The zero-order valence-electron chi connectivity index (χ0n) is 10.8. The summed E-state index contributed by atoms with van der Waals surface area (Å²) >= 11 is 0. The largest absolute Gasteiger partial charge is 0.459 e. The fourth-order valence-electron chi connectivity index (χ4n) is 2.21. The number of carbonyl (C=O) groups excluding carboxylic acids is 1. The summed E-state index contributed by atoms with van der Waals surface area (Å²) in [5, 5.41) is 11.0. The molecule has 0 aromatic carbocycles. The molecule has 2 aromatic rings. The lowest BCUT2D eigenvalue weighted by Crippen LogP contribution is -2.56. The van der Waals surface area contributed by atoms with Crippen molar-refractivity contribution in [2.75, 3.05) is 19.6 Å².